The second-order valence-electron chi connectivity index (χ2n) is 6.96. The molecule has 2 rings (SSSR count). The van der Waals surface area contributed by atoms with Crippen molar-refractivity contribution in [2.24, 2.45) is 0 Å². The third kappa shape index (κ3) is 5.77. The Kier molecular flexibility index (Phi) is 5.82. The molecule has 0 atom stereocenters. The number of carbonyl (C=O) groups is 2. The third-order valence-electron chi connectivity index (χ3n) is 3.25. The second-order valence-corrected chi connectivity index (χ2v) is 6.96. The van der Waals surface area contributed by atoms with Gasteiger partial charge in [0.2, 0.25) is 0 Å². The van der Waals surface area contributed by atoms with Gasteiger partial charge in [0.05, 0.1) is 0 Å². The maximum Gasteiger partial charge on any atom is 0.412 e. The maximum atomic E-state index is 12.4. The van der Waals surface area contributed by atoms with Crippen molar-refractivity contribution in [3.05, 3.63) is 48.2 Å². The number of hydrogen-bond acceptors (Lipinski definition) is 5. The molecule has 0 aliphatic rings. The number of benzene rings is 1. The Morgan fingerprint density at radius 3 is 2.12 bits per heavy atom. The molecule has 7 heteroatoms. The monoisotopic (exact) mass is 356 g/mol. The molecule has 7 nitrogen and oxygen atoms in total. The molecular formula is C19H24N4O3. The van der Waals surface area contributed by atoms with Gasteiger partial charge in [-0.3, -0.25) is 10.1 Å². The summed E-state index contributed by atoms with van der Waals surface area (Å²) in [7, 11) is 3.72. The van der Waals surface area contributed by atoms with Crippen LogP contribution in [-0.4, -0.2) is 36.7 Å². The number of rotatable bonds is 4. The van der Waals surface area contributed by atoms with E-state index in [4.69, 9.17) is 4.74 Å². The van der Waals surface area contributed by atoms with Crippen LogP contribution in [0.15, 0.2) is 42.6 Å². The fourth-order valence-electron chi connectivity index (χ4n) is 2.07. The molecule has 0 bridgehead atoms. The van der Waals surface area contributed by atoms with Gasteiger partial charge in [-0.05, 0) is 57.2 Å². The summed E-state index contributed by atoms with van der Waals surface area (Å²) in [4.78, 5) is 30.1. The van der Waals surface area contributed by atoms with Crippen LogP contribution in [0.25, 0.3) is 0 Å². The Bertz CT molecular complexity index is 780. The van der Waals surface area contributed by atoms with Gasteiger partial charge in [-0.1, -0.05) is 0 Å². The van der Waals surface area contributed by atoms with E-state index < -0.39 is 11.7 Å². The topological polar surface area (TPSA) is 83.6 Å². The number of nitrogens with one attached hydrogen (secondary N) is 2. The lowest BCUT2D eigenvalue weighted by Gasteiger charge is -2.19. The summed E-state index contributed by atoms with van der Waals surface area (Å²) in [6.07, 6.45) is 1.07. The van der Waals surface area contributed by atoms with Gasteiger partial charge in [0, 0.05) is 37.2 Å². The highest BCUT2D eigenvalue weighted by Gasteiger charge is 2.16. The van der Waals surface area contributed by atoms with Crippen LogP contribution in [0, 0.1) is 0 Å². The Morgan fingerprint density at radius 1 is 1.00 bits per heavy atom. The number of carbonyl (C=O) groups excluding carboxylic acids is 2. The number of anilines is 3. The van der Waals surface area contributed by atoms with Gasteiger partial charge in [-0.25, -0.2) is 9.78 Å². The molecular weight excluding hydrogens is 332 g/mol. The molecule has 0 aliphatic carbocycles. The van der Waals surface area contributed by atoms with Crippen LogP contribution < -0.4 is 15.5 Å². The second kappa shape index (κ2) is 7.86. The molecule has 0 spiro atoms. The van der Waals surface area contributed by atoms with Crippen molar-refractivity contribution in [3.63, 3.8) is 0 Å². The molecule has 0 aliphatic heterocycles. The van der Waals surface area contributed by atoms with Gasteiger partial charge in [-0.15, -0.1) is 0 Å². The maximum absolute atomic E-state index is 12.4. The van der Waals surface area contributed by atoms with E-state index in [1.54, 1.807) is 63.4 Å². The number of hydrogen-bond donors (Lipinski definition) is 2. The van der Waals surface area contributed by atoms with Gasteiger partial charge < -0.3 is 15.0 Å². The minimum atomic E-state index is -0.562. The van der Waals surface area contributed by atoms with E-state index in [0.717, 1.165) is 0 Å². The van der Waals surface area contributed by atoms with Crippen molar-refractivity contribution in [3.8, 4) is 0 Å². The third-order valence-corrected chi connectivity index (χ3v) is 3.25. The fourth-order valence-corrected chi connectivity index (χ4v) is 2.07. The summed E-state index contributed by atoms with van der Waals surface area (Å²) in [6.45, 7) is 5.39. The van der Waals surface area contributed by atoms with Gasteiger partial charge in [0.25, 0.3) is 5.91 Å². The molecule has 2 aromatic rings. The van der Waals surface area contributed by atoms with Gasteiger partial charge >= 0.3 is 6.09 Å². The van der Waals surface area contributed by atoms with E-state index in [1.165, 1.54) is 0 Å². The smallest absolute Gasteiger partial charge is 0.412 e. The molecule has 2 N–H and O–H groups in total. The highest BCUT2D eigenvalue weighted by molar-refractivity contribution is 6.04. The minimum absolute atomic E-state index is 0.233. The summed E-state index contributed by atoms with van der Waals surface area (Å²) >= 11 is 0. The quantitative estimate of drug-likeness (QED) is 0.872. The lowest BCUT2D eigenvalue weighted by Crippen LogP contribution is -2.27. The average molecular weight is 356 g/mol. The van der Waals surface area contributed by atoms with Crippen molar-refractivity contribution in [1.29, 1.82) is 0 Å². The Morgan fingerprint density at radius 2 is 1.58 bits per heavy atom. The largest absolute Gasteiger partial charge is 0.444 e. The summed E-state index contributed by atoms with van der Waals surface area (Å²) in [5.41, 5.74) is 1.15. The van der Waals surface area contributed by atoms with E-state index in [2.05, 4.69) is 15.6 Å². The molecule has 0 fully saturated rings. The Hall–Kier alpha value is -3.09. The number of amides is 2. The van der Waals surface area contributed by atoms with E-state index >= 15 is 0 Å². The first-order valence-electron chi connectivity index (χ1n) is 8.19. The normalized spacial score (nSPS) is 10.8. The van der Waals surface area contributed by atoms with Crippen LogP contribution in [0.2, 0.25) is 0 Å². The highest BCUT2D eigenvalue weighted by atomic mass is 16.6. The van der Waals surface area contributed by atoms with Crippen LogP contribution in [0.1, 0.15) is 31.1 Å². The minimum Gasteiger partial charge on any atom is -0.444 e. The van der Waals surface area contributed by atoms with Crippen molar-refractivity contribution in [2.45, 2.75) is 26.4 Å². The molecule has 0 unspecified atom stereocenters. The van der Waals surface area contributed by atoms with Crippen molar-refractivity contribution < 1.29 is 14.3 Å². The summed E-state index contributed by atoms with van der Waals surface area (Å²) in [6, 6.07) is 10.2. The Balaban J connectivity index is 1.99. The zero-order chi connectivity index (χ0) is 19.3. The van der Waals surface area contributed by atoms with Crippen LogP contribution in [0.5, 0.6) is 0 Å². The van der Waals surface area contributed by atoms with E-state index in [1.807, 2.05) is 19.0 Å². The van der Waals surface area contributed by atoms with Crippen molar-refractivity contribution >= 4 is 29.2 Å². The Labute approximate surface area is 153 Å². The lowest BCUT2D eigenvalue weighted by molar-refractivity contribution is 0.0635. The zero-order valence-corrected chi connectivity index (χ0v) is 15.7. The SMILES string of the molecule is CN(C)c1cc(C(=O)Nc2ccc(NC(=O)OC(C)(C)C)cc2)ccn1. The standard InChI is InChI=1S/C19H24N4O3/c1-19(2,3)26-18(25)22-15-8-6-14(7-9-15)21-17(24)13-10-11-20-16(12-13)23(4)5/h6-12H,1-5H3,(H,21,24)(H,22,25). The highest BCUT2D eigenvalue weighted by Crippen LogP contribution is 2.17. The number of ether oxygens (including phenoxy) is 1. The predicted octanol–water partition coefficient (Wildman–Crippen LogP) is 3.75. The first-order valence-corrected chi connectivity index (χ1v) is 8.19. The molecule has 0 saturated carbocycles. The van der Waals surface area contributed by atoms with E-state index in [9.17, 15) is 9.59 Å². The molecule has 0 radical (unpaired) electrons. The van der Waals surface area contributed by atoms with Crippen LogP contribution in [0.3, 0.4) is 0 Å². The molecule has 1 aromatic heterocycles. The summed E-state index contributed by atoms with van der Waals surface area (Å²) < 4.78 is 5.20. The number of aromatic nitrogens is 1. The van der Waals surface area contributed by atoms with E-state index in [-0.39, 0.29) is 5.91 Å². The first-order chi connectivity index (χ1) is 12.1. The van der Waals surface area contributed by atoms with Crippen LogP contribution >= 0.6 is 0 Å². The summed E-state index contributed by atoms with van der Waals surface area (Å²) in [5.74, 6) is 0.470. The zero-order valence-electron chi connectivity index (χ0n) is 15.7. The fraction of sp³-hybridized carbons (Fsp3) is 0.316. The average Bonchev–Trinajstić information content (AvgIpc) is 2.55. The van der Waals surface area contributed by atoms with Crippen LogP contribution in [-0.2, 0) is 4.74 Å². The molecule has 1 heterocycles. The summed E-state index contributed by atoms with van der Waals surface area (Å²) in [5, 5.41) is 5.46. The van der Waals surface area contributed by atoms with Crippen molar-refractivity contribution in [2.75, 3.05) is 29.6 Å². The van der Waals surface area contributed by atoms with Crippen molar-refractivity contribution in [1.82, 2.24) is 4.98 Å². The molecule has 138 valence electrons. The number of nitrogens with zero attached hydrogens (tertiary/aromatic N) is 2. The molecule has 26 heavy (non-hydrogen) atoms. The lowest BCUT2D eigenvalue weighted by atomic mass is 10.2. The molecule has 1 aromatic carbocycles. The number of pyridine rings is 1. The predicted molar refractivity (Wildman–Crippen MR) is 103 cm³/mol. The molecule has 0 saturated heterocycles. The van der Waals surface area contributed by atoms with Gasteiger partial charge in [0.15, 0.2) is 0 Å². The van der Waals surface area contributed by atoms with Gasteiger partial charge in [-0.2, -0.15) is 0 Å². The van der Waals surface area contributed by atoms with Crippen LogP contribution in [0.4, 0.5) is 22.0 Å². The van der Waals surface area contributed by atoms with E-state index in [0.29, 0.717) is 22.8 Å². The first kappa shape index (κ1) is 19.2. The molecule has 2 amide bonds. The van der Waals surface area contributed by atoms with Gasteiger partial charge in [0.1, 0.15) is 11.4 Å².